The highest BCUT2D eigenvalue weighted by atomic mass is 32.2. The summed E-state index contributed by atoms with van der Waals surface area (Å²) in [4.78, 5) is 8.49. The van der Waals surface area contributed by atoms with Gasteiger partial charge in [-0.05, 0) is 24.9 Å². The normalized spacial score (nSPS) is 11.0. The van der Waals surface area contributed by atoms with E-state index in [-0.39, 0.29) is 0 Å². The Morgan fingerprint density at radius 3 is 3.00 bits per heavy atom. The summed E-state index contributed by atoms with van der Waals surface area (Å²) in [7, 11) is 1.89. The Labute approximate surface area is 111 Å². The summed E-state index contributed by atoms with van der Waals surface area (Å²) in [5, 5.41) is 8.55. The third-order valence-corrected chi connectivity index (χ3v) is 3.54. The number of fused-ring (bicyclic) bond motifs is 1. The lowest BCUT2D eigenvalue weighted by Gasteiger charge is -2.05. The van der Waals surface area contributed by atoms with Gasteiger partial charge in [-0.2, -0.15) is 16.9 Å². The van der Waals surface area contributed by atoms with Crippen molar-refractivity contribution >= 4 is 28.6 Å². The van der Waals surface area contributed by atoms with E-state index in [2.05, 4.69) is 26.6 Å². The lowest BCUT2D eigenvalue weighted by molar-refractivity contribution is 0.748. The number of anilines is 1. The van der Waals surface area contributed by atoms with E-state index in [9.17, 15) is 0 Å². The van der Waals surface area contributed by atoms with Crippen LogP contribution in [0.4, 0.5) is 5.82 Å². The summed E-state index contributed by atoms with van der Waals surface area (Å²) in [5.74, 6) is 2.14. The molecule has 0 aromatic carbocycles. The van der Waals surface area contributed by atoms with Crippen molar-refractivity contribution in [2.24, 2.45) is 7.05 Å². The number of nitrogens with zero attached hydrogens (tertiary/aromatic N) is 4. The van der Waals surface area contributed by atoms with Gasteiger partial charge in [-0.25, -0.2) is 9.97 Å². The van der Waals surface area contributed by atoms with Gasteiger partial charge in [0.25, 0.3) is 0 Å². The molecule has 6 heteroatoms. The Morgan fingerprint density at radius 2 is 2.17 bits per heavy atom. The number of aryl methyl sites for hydroxylation is 1. The van der Waals surface area contributed by atoms with Crippen molar-refractivity contribution in [3.05, 3.63) is 12.5 Å². The first-order valence-corrected chi connectivity index (χ1v) is 7.58. The van der Waals surface area contributed by atoms with Crippen LogP contribution in [-0.4, -0.2) is 38.3 Å². The molecule has 2 aromatic rings. The molecule has 0 fully saturated rings. The molecule has 0 radical (unpaired) electrons. The first-order chi connectivity index (χ1) is 8.83. The molecule has 2 rings (SSSR count). The molecule has 5 nitrogen and oxygen atoms in total. The molecular formula is C12H19N5S. The van der Waals surface area contributed by atoms with Crippen LogP contribution in [0.2, 0.25) is 0 Å². The lowest BCUT2D eigenvalue weighted by Crippen LogP contribution is -2.04. The standard InChI is InChI=1S/C12H19N5S/c1-17-12-10(8-16-17)11(14-9-15-12)13-6-4-3-5-7-18-2/h8-9H,3-7H2,1-2H3,(H,13,14,15). The van der Waals surface area contributed by atoms with Crippen LogP contribution in [0.25, 0.3) is 11.0 Å². The molecule has 0 aliphatic heterocycles. The predicted octanol–water partition coefficient (Wildman–Crippen LogP) is 2.31. The minimum Gasteiger partial charge on any atom is -0.369 e. The van der Waals surface area contributed by atoms with Crippen LogP contribution in [0.3, 0.4) is 0 Å². The van der Waals surface area contributed by atoms with E-state index in [1.54, 1.807) is 11.0 Å². The Hall–Kier alpha value is -1.30. The van der Waals surface area contributed by atoms with Gasteiger partial charge in [0.2, 0.25) is 0 Å². The number of hydrogen-bond donors (Lipinski definition) is 1. The van der Waals surface area contributed by atoms with E-state index in [1.165, 1.54) is 25.0 Å². The molecule has 0 saturated heterocycles. The molecule has 0 bridgehead atoms. The number of hydrogen-bond acceptors (Lipinski definition) is 5. The maximum atomic E-state index is 4.27. The van der Waals surface area contributed by atoms with Crippen LogP contribution < -0.4 is 5.32 Å². The topological polar surface area (TPSA) is 55.6 Å². The largest absolute Gasteiger partial charge is 0.369 e. The highest BCUT2D eigenvalue weighted by Crippen LogP contribution is 2.17. The second-order valence-electron chi connectivity index (χ2n) is 4.21. The zero-order valence-electron chi connectivity index (χ0n) is 10.9. The van der Waals surface area contributed by atoms with Gasteiger partial charge in [0.15, 0.2) is 5.65 Å². The van der Waals surface area contributed by atoms with Gasteiger partial charge >= 0.3 is 0 Å². The summed E-state index contributed by atoms with van der Waals surface area (Å²) in [5.41, 5.74) is 0.870. The molecule has 2 heterocycles. The van der Waals surface area contributed by atoms with E-state index >= 15 is 0 Å². The Morgan fingerprint density at radius 1 is 1.28 bits per heavy atom. The summed E-state index contributed by atoms with van der Waals surface area (Å²) >= 11 is 1.91. The molecule has 0 aliphatic carbocycles. The fourth-order valence-electron chi connectivity index (χ4n) is 1.86. The molecule has 18 heavy (non-hydrogen) atoms. The summed E-state index contributed by atoms with van der Waals surface area (Å²) < 4.78 is 1.76. The van der Waals surface area contributed by atoms with Gasteiger partial charge in [-0.1, -0.05) is 6.42 Å². The van der Waals surface area contributed by atoms with E-state index in [0.717, 1.165) is 23.4 Å². The third kappa shape index (κ3) is 3.13. The van der Waals surface area contributed by atoms with E-state index in [1.807, 2.05) is 25.0 Å². The maximum absolute atomic E-state index is 4.27. The molecule has 0 spiro atoms. The van der Waals surface area contributed by atoms with Crippen molar-refractivity contribution < 1.29 is 0 Å². The van der Waals surface area contributed by atoms with Crippen molar-refractivity contribution in [1.29, 1.82) is 0 Å². The van der Waals surface area contributed by atoms with Crippen LogP contribution >= 0.6 is 11.8 Å². The van der Waals surface area contributed by atoms with Crippen LogP contribution in [0.1, 0.15) is 19.3 Å². The fraction of sp³-hybridized carbons (Fsp3) is 0.583. The van der Waals surface area contributed by atoms with Crippen molar-refractivity contribution in [3.8, 4) is 0 Å². The van der Waals surface area contributed by atoms with Gasteiger partial charge in [0.05, 0.1) is 11.6 Å². The van der Waals surface area contributed by atoms with E-state index in [4.69, 9.17) is 0 Å². The van der Waals surface area contributed by atoms with Gasteiger partial charge in [-0.15, -0.1) is 0 Å². The minimum atomic E-state index is 0.870. The molecular weight excluding hydrogens is 246 g/mol. The minimum absolute atomic E-state index is 0.870. The van der Waals surface area contributed by atoms with Gasteiger partial charge in [0, 0.05) is 13.6 Å². The predicted molar refractivity (Wildman–Crippen MR) is 77.0 cm³/mol. The highest BCUT2D eigenvalue weighted by molar-refractivity contribution is 7.98. The Bertz CT molecular complexity index is 496. The molecule has 0 saturated carbocycles. The lowest BCUT2D eigenvalue weighted by atomic mass is 10.2. The summed E-state index contributed by atoms with van der Waals surface area (Å²) in [6.07, 6.45) is 9.26. The molecule has 98 valence electrons. The smallest absolute Gasteiger partial charge is 0.163 e. The average molecular weight is 265 g/mol. The first kappa shape index (κ1) is 13.1. The summed E-state index contributed by atoms with van der Waals surface area (Å²) in [6.45, 7) is 0.954. The number of nitrogens with one attached hydrogen (secondary N) is 1. The van der Waals surface area contributed by atoms with Crippen molar-refractivity contribution in [2.45, 2.75) is 19.3 Å². The van der Waals surface area contributed by atoms with Crippen LogP contribution in [0.5, 0.6) is 0 Å². The van der Waals surface area contributed by atoms with Crippen LogP contribution in [0.15, 0.2) is 12.5 Å². The highest BCUT2D eigenvalue weighted by Gasteiger charge is 2.06. The number of rotatable bonds is 7. The Kier molecular flexibility index (Phi) is 4.81. The van der Waals surface area contributed by atoms with Crippen LogP contribution in [-0.2, 0) is 7.05 Å². The molecule has 0 aliphatic rings. The molecule has 2 aromatic heterocycles. The molecule has 0 unspecified atom stereocenters. The van der Waals surface area contributed by atoms with Crippen molar-refractivity contribution in [1.82, 2.24) is 19.7 Å². The van der Waals surface area contributed by atoms with Gasteiger partial charge in [-0.3, -0.25) is 4.68 Å². The van der Waals surface area contributed by atoms with Crippen molar-refractivity contribution in [2.75, 3.05) is 23.9 Å². The van der Waals surface area contributed by atoms with Gasteiger partial charge in [0.1, 0.15) is 12.1 Å². The zero-order valence-corrected chi connectivity index (χ0v) is 11.7. The maximum Gasteiger partial charge on any atom is 0.163 e. The molecule has 0 amide bonds. The van der Waals surface area contributed by atoms with Crippen LogP contribution in [0, 0.1) is 0 Å². The fourth-order valence-corrected chi connectivity index (χ4v) is 2.35. The summed E-state index contributed by atoms with van der Waals surface area (Å²) in [6, 6.07) is 0. The first-order valence-electron chi connectivity index (χ1n) is 6.18. The second kappa shape index (κ2) is 6.58. The van der Waals surface area contributed by atoms with Crippen molar-refractivity contribution in [3.63, 3.8) is 0 Å². The monoisotopic (exact) mass is 265 g/mol. The van der Waals surface area contributed by atoms with E-state index < -0.39 is 0 Å². The van der Waals surface area contributed by atoms with Gasteiger partial charge < -0.3 is 5.32 Å². The SMILES string of the molecule is CSCCCCCNc1ncnc2c1cnn2C. The number of thioether (sulfide) groups is 1. The number of unbranched alkanes of at least 4 members (excludes halogenated alkanes) is 2. The zero-order chi connectivity index (χ0) is 12.8. The quantitative estimate of drug-likeness (QED) is 0.779. The molecule has 0 atom stereocenters. The molecule has 1 N–H and O–H groups in total. The second-order valence-corrected chi connectivity index (χ2v) is 5.19. The average Bonchev–Trinajstić information content (AvgIpc) is 2.77. The number of aromatic nitrogens is 4. The van der Waals surface area contributed by atoms with E-state index in [0.29, 0.717) is 0 Å². The third-order valence-electron chi connectivity index (χ3n) is 2.85. The Balaban J connectivity index is 1.88.